The molecule has 4 heteroatoms. The number of aryl methyl sites for hydroxylation is 1. The fourth-order valence-corrected chi connectivity index (χ4v) is 4.99. The lowest BCUT2D eigenvalue weighted by atomic mass is 9.82. The summed E-state index contributed by atoms with van der Waals surface area (Å²) < 4.78 is 5.71. The summed E-state index contributed by atoms with van der Waals surface area (Å²) >= 11 is 0. The Hall–Kier alpha value is -1.55. The molecule has 1 atom stereocenters. The van der Waals surface area contributed by atoms with Crippen molar-refractivity contribution in [3.8, 4) is 0 Å². The van der Waals surface area contributed by atoms with E-state index in [-0.39, 0.29) is 24.9 Å². The van der Waals surface area contributed by atoms with Crippen molar-refractivity contribution >= 4 is 11.7 Å². The Labute approximate surface area is 164 Å². The van der Waals surface area contributed by atoms with E-state index >= 15 is 0 Å². The molecule has 1 unspecified atom stereocenters. The van der Waals surface area contributed by atoms with Crippen LogP contribution in [0.3, 0.4) is 0 Å². The molecule has 1 aromatic carbocycles. The van der Waals surface area contributed by atoms with Crippen molar-refractivity contribution in [1.82, 2.24) is 4.90 Å². The minimum atomic E-state index is -0.0929. The lowest BCUT2D eigenvalue weighted by Crippen LogP contribution is -2.46. The molecule has 2 saturated heterocycles. The number of anilines is 1. The average molecular weight is 373 g/mol. The number of ether oxygens (including phenoxy) is 1. The number of cyclic esters (lactones) is 1. The molecule has 4 rings (SSSR count). The van der Waals surface area contributed by atoms with Crippen molar-refractivity contribution in [3.63, 3.8) is 0 Å². The third kappa shape index (κ3) is 4.48. The molecular weight excluding hydrogens is 336 g/mol. The molecule has 0 aromatic heterocycles. The number of hydrogen-bond donors (Lipinski definition) is 0. The monoisotopic (exact) mass is 372 g/mol. The van der Waals surface area contributed by atoms with E-state index in [0.717, 1.165) is 64.8 Å². The molecule has 3 aliphatic rings. The maximum Gasteiger partial charge on any atom is 0.312 e. The van der Waals surface area contributed by atoms with E-state index < -0.39 is 0 Å². The van der Waals surface area contributed by atoms with Crippen LogP contribution in [0.2, 0.25) is 0 Å². The topological polar surface area (TPSA) is 32.8 Å². The Bertz CT molecular complexity index is 614. The lowest BCUT2D eigenvalue weighted by molar-refractivity contribution is -0.148. The van der Waals surface area contributed by atoms with Gasteiger partial charge < -0.3 is 9.64 Å². The highest BCUT2D eigenvalue weighted by atomic mass is 16.6. The van der Waals surface area contributed by atoms with E-state index in [0.29, 0.717) is 0 Å². The van der Waals surface area contributed by atoms with E-state index in [4.69, 9.17) is 4.74 Å². The number of carbonyl (C=O) groups is 1. The highest BCUT2D eigenvalue weighted by Gasteiger charge is 2.50. The summed E-state index contributed by atoms with van der Waals surface area (Å²) in [6.45, 7) is 7.72. The predicted octanol–water partition coefficient (Wildman–Crippen LogP) is 4.41. The number of esters is 1. The second-order valence-corrected chi connectivity index (χ2v) is 8.53. The summed E-state index contributed by atoms with van der Waals surface area (Å²) in [7, 11) is 0. The van der Waals surface area contributed by atoms with Gasteiger partial charge in [-0.15, -0.1) is 0 Å². The first-order chi connectivity index (χ1) is 12.6. The first-order valence-electron chi connectivity index (χ1n) is 10.4. The van der Waals surface area contributed by atoms with Crippen LogP contribution in [0.5, 0.6) is 0 Å². The second-order valence-electron chi connectivity index (χ2n) is 8.53. The minimum absolute atomic E-state index is 0. The van der Waals surface area contributed by atoms with Gasteiger partial charge in [-0.05, 0) is 51.3 Å². The predicted molar refractivity (Wildman–Crippen MR) is 111 cm³/mol. The van der Waals surface area contributed by atoms with Crippen molar-refractivity contribution in [2.24, 2.45) is 5.41 Å². The van der Waals surface area contributed by atoms with Crippen molar-refractivity contribution in [1.29, 1.82) is 0 Å². The van der Waals surface area contributed by atoms with Gasteiger partial charge in [0.1, 0.15) is 6.10 Å². The highest BCUT2D eigenvalue weighted by Crippen LogP contribution is 2.48. The molecule has 0 radical (unpaired) electrons. The zero-order valence-electron chi connectivity index (χ0n) is 16.1. The first-order valence-corrected chi connectivity index (χ1v) is 10.4. The van der Waals surface area contributed by atoms with Gasteiger partial charge in [0.15, 0.2) is 0 Å². The molecule has 1 aromatic rings. The Kier molecular flexibility index (Phi) is 6.46. The molecule has 0 N–H and O–H groups in total. The Morgan fingerprint density at radius 1 is 1.07 bits per heavy atom. The van der Waals surface area contributed by atoms with Gasteiger partial charge in [-0.3, -0.25) is 9.69 Å². The van der Waals surface area contributed by atoms with Crippen molar-refractivity contribution < 1.29 is 9.53 Å². The van der Waals surface area contributed by atoms with Gasteiger partial charge in [-0.25, -0.2) is 0 Å². The largest absolute Gasteiger partial charge is 0.462 e. The molecule has 1 spiro atoms. The van der Waals surface area contributed by atoms with Gasteiger partial charge in [0.2, 0.25) is 0 Å². The fourth-order valence-electron chi connectivity index (χ4n) is 4.99. The van der Waals surface area contributed by atoms with Gasteiger partial charge in [0, 0.05) is 38.3 Å². The summed E-state index contributed by atoms with van der Waals surface area (Å²) in [6, 6.07) is 8.86. The maximum absolute atomic E-state index is 12.2. The van der Waals surface area contributed by atoms with Crippen LogP contribution in [0, 0.1) is 12.3 Å². The van der Waals surface area contributed by atoms with Crippen molar-refractivity contribution in [3.05, 3.63) is 29.8 Å². The van der Waals surface area contributed by atoms with Crippen LogP contribution >= 0.6 is 0 Å². The van der Waals surface area contributed by atoms with Crippen LogP contribution in [0.1, 0.15) is 57.9 Å². The van der Waals surface area contributed by atoms with Crippen LogP contribution in [-0.2, 0) is 9.53 Å². The number of carbonyl (C=O) groups excluding carboxylic acids is 1. The summed E-state index contributed by atoms with van der Waals surface area (Å²) in [6.07, 6.45) is 7.85. The van der Waals surface area contributed by atoms with Crippen LogP contribution in [-0.4, -0.2) is 49.7 Å². The second kappa shape index (κ2) is 8.64. The van der Waals surface area contributed by atoms with Gasteiger partial charge in [-0.2, -0.15) is 0 Å². The third-order valence-corrected chi connectivity index (χ3v) is 6.66. The molecular formula is C23H36N2O2. The molecule has 1 aliphatic carbocycles. The Morgan fingerprint density at radius 3 is 2.41 bits per heavy atom. The van der Waals surface area contributed by atoms with Gasteiger partial charge >= 0.3 is 5.97 Å². The summed E-state index contributed by atoms with van der Waals surface area (Å²) in [5.41, 5.74) is 2.57. The molecule has 150 valence electrons. The molecule has 2 aliphatic heterocycles. The number of benzene rings is 1. The van der Waals surface area contributed by atoms with Gasteiger partial charge in [-0.1, -0.05) is 38.0 Å². The normalized spacial score (nSPS) is 24.9. The van der Waals surface area contributed by atoms with Crippen LogP contribution in [0.25, 0.3) is 0 Å². The maximum atomic E-state index is 12.2. The Balaban J connectivity index is 0.00000210. The zero-order valence-corrected chi connectivity index (χ0v) is 16.1. The van der Waals surface area contributed by atoms with Crippen LogP contribution in [0.15, 0.2) is 24.3 Å². The number of piperazine rings is 1. The quantitative estimate of drug-likeness (QED) is 0.717. The molecule has 27 heavy (non-hydrogen) atoms. The number of nitrogens with zero attached hydrogens (tertiary/aromatic N) is 2. The minimum Gasteiger partial charge on any atom is -0.462 e. The third-order valence-electron chi connectivity index (χ3n) is 6.66. The molecule has 0 bridgehead atoms. The smallest absolute Gasteiger partial charge is 0.312 e. The SMILES string of the molecule is C.Cc1ccc(N2CCN(CCCC3CC4(CCCC4)C(=O)O3)CC2)cc1. The van der Waals surface area contributed by atoms with E-state index in [1.165, 1.54) is 24.1 Å². The first kappa shape index (κ1) is 20.2. The molecule has 3 fully saturated rings. The summed E-state index contributed by atoms with van der Waals surface area (Å²) in [5, 5.41) is 0. The highest BCUT2D eigenvalue weighted by molar-refractivity contribution is 5.79. The lowest BCUT2D eigenvalue weighted by Gasteiger charge is -2.36. The molecule has 4 nitrogen and oxygen atoms in total. The average Bonchev–Trinajstić information content (AvgIpc) is 3.24. The zero-order chi connectivity index (χ0) is 18.0. The van der Waals surface area contributed by atoms with E-state index in [1.54, 1.807) is 0 Å². The standard InChI is InChI=1S/C22H32N2O2.CH4/c1-18-6-8-19(9-7-18)24-15-13-23(14-16-24)12-4-5-20-17-22(21(25)26-20)10-2-3-11-22;/h6-9,20H,2-5,10-17H2,1H3;1H4. The fraction of sp³-hybridized carbons (Fsp3) is 0.696. The van der Waals surface area contributed by atoms with Gasteiger partial charge in [0.25, 0.3) is 0 Å². The Morgan fingerprint density at radius 2 is 1.74 bits per heavy atom. The van der Waals surface area contributed by atoms with Crippen LogP contribution in [0.4, 0.5) is 5.69 Å². The molecule has 2 heterocycles. The van der Waals surface area contributed by atoms with E-state index in [1.807, 2.05) is 0 Å². The van der Waals surface area contributed by atoms with Crippen molar-refractivity contribution in [2.75, 3.05) is 37.6 Å². The molecule has 1 saturated carbocycles. The number of hydrogen-bond acceptors (Lipinski definition) is 4. The van der Waals surface area contributed by atoms with Crippen molar-refractivity contribution in [2.45, 2.75) is 65.4 Å². The van der Waals surface area contributed by atoms with Gasteiger partial charge in [0.05, 0.1) is 5.41 Å². The van der Waals surface area contributed by atoms with Crippen LogP contribution < -0.4 is 4.90 Å². The van der Waals surface area contributed by atoms with E-state index in [2.05, 4.69) is 41.0 Å². The summed E-state index contributed by atoms with van der Waals surface area (Å²) in [5.74, 6) is 0.103. The number of rotatable bonds is 5. The summed E-state index contributed by atoms with van der Waals surface area (Å²) in [4.78, 5) is 17.3. The van der Waals surface area contributed by atoms with E-state index in [9.17, 15) is 4.79 Å². The molecule has 0 amide bonds.